The predicted molar refractivity (Wildman–Crippen MR) is 136 cm³/mol. The van der Waals surface area contributed by atoms with Gasteiger partial charge in [0.25, 0.3) is 5.56 Å². The van der Waals surface area contributed by atoms with Gasteiger partial charge in [-0.3, -0.25) is 4.79 Å². The number of nitrogens with one attached hydrogen (secondary N) is 1. The van der Waals surface area contributed by atoms with Gasteiger partial charge in [-0.25, -0.2) is 13.9 Å². The van der Waals surface area contributed by atoms with Crippen molar-refractivity contribution in [3.05, 3.63) is 67.8 Å². The zero-order chi connectivity index (χ0) is 25.7. The van der Waals surface area contributed by atoms with Crippen molar-refractivity contribution in [1.29, 1.82) is 0 Å². The molecule has 1 amide bonds. The van der Waals surface area contributed by atoms with Gasteiger partial charge in [0.05, 0.1) is 33.2 Å². The van der Waals surface area contributed by atoms with Crippen LogP contribution < -0.4 is 10.9 Å². The Bertz CT molecular complexity index is 1390. The second-order valence-corrected chi connectivity index (χ2v) is 10.6. The summed E-state index contributed by atoms with van der Waals surface area (Å²) in [6.07, 6.45) is -0.164. The van der Waals surface area contributed by atoms with E-state index in [4.69, 9.17) is 27.9 Å². The van der Waals surface area contributed by atoms with Crippen LogP contribution in [0.4, 0.5) is 14.9 Å². The van der Waals surface area contributed by atoms with E-state index >= 15 is 4.39 Å². The second kappa shape index (κ2) is 8.99. The number of carbonyl (C=O) groups is 1. The molecule has 2 heterocycles. The van der Waals surface area contributed by atoms with Gasteiger partial charge < -0.3 is 15.0 Å². The number of halogens is 3. The number of nitrogens with zero attached hydrogens (tertiary/aromatic N) is 3. The highest BCUT2D eigenvalue weighted by Crippen LogP contribution is 2.43. The third kappa shape index (κ3) is 4.82. The normalized spacial score (nSPS) is 18.2. The maximum Gasteiger partial charge on any atom is 0.410 e. The average molecular weight is 521 g/mol. The molecular formula is C25H27Cl2FN4O3. The molecule has 1 saturated heterocycles. The van der Waals surface area contributed by atoms with Crippen LogP contribution in [0.1, 0.15) is 38.4 Å². The van der Waals surface area contributed by atoms with Crippen LogP contribution in [-0.4, -0.2) is 39.5 Å². The molecule has 1 aliphatic rings. The largest absolute Gasteiger partial charge is 0.444 e. The van der Waals surface area contributed by atoms with Gasteiger partial charge in [0.1, 0.15) is 11.4 Å². The molecule has 1 N–H and O–H groups in total. The molecule has 2 aromatic carbocycles. The van der Waals surface area contributed by atoms with E-state index in [9.17, 15) is 9.59 Å². The number of likely N-dealkylation sites (tertiary alicyclic amines) is 1. The number of fused-ring (bicyclic) bond motifs is 1. The molecule has 0 aliphatic carbocycles. The zero-order valence-electron chi connectivity index (χ0n) is 20.2. The first kappa shape index (κ1) is 25.3. The van der Waals surface area contributed by atoms with Crippen molar-refractivity contribution >= 4 is 45.8 Å². The number of hydrogen-bond acceptors (Lipinski definition) is 5. The number of carbonyl (C=O) groups excluding carboxylic acids is 1. The van der Waals surface area contributed by atoms with E-state index in [0.29, 0.717) is 29.7 Å². The molecule has 3 aromatic rings. The van der Waals surface area contributed by atoms with Gasteiger partial charge in [-0.15, -0.1) is 0 Å². The Morgan fingerprint density at radius 3 is 2.60 bits per heavy atom. The predicted octanol–water partition coefficient (Wildman–Crippen LogP) is 5.64. The van der Waals surface area contributed by atoms with Crippen LogP contribution in [0.3, 0.4) is 0 Å². The van der Waals surface area contributed by atoms with Crippen LogP contribution in [-0.2, 0) is 17.3 Å². The number of rotatable bonds is 3. The van der Waals surface area contributed by atoms with Crippen molar-refractivity contribution in [2.75, 3.05) is 18.4 Å². The maximum absolute atomic E-state index is 15.3. The van der Waals surface area contributed by atoms with Crippen LogP contribution >= 0.6 is 23.2 Å². The standard InChI is InChI=1S/C25H27Cl2FN4O3/c1-14-16-7-6-15(12-17(16)22(33)31(5)30-14)29-25(20-19(28)9-8-18(26)21(20)27)10-11-32(13-25)23(34)35-24(2,3)4/h6-9,12,29H,10-11,13H2,1-5H3. The lowest BCUT2D eigenvalue weighted by molar-refractivity contribution is 0.0286. The molecule has 4 rings (SSSR count). The summed E-state index contributed by atoms with van der Waals surface area (Å²) >= 11 is 12.8. The Morgan fingerprint density at radius 2 is 1.91 bits per heavy atom. The summed E-state index contributed by atoms with van der Waals surface area (Å²) in [5.74, 6) is -0.547. The molecule has 1 aromatic heterocycles. The fraction of sp³-hybridized carbons (Fsp3) is 0.400. The minimum Gasteiger partial charge on any atom is -0.444 e. The van der Waals surface area contributed by atoms with Crippen molar-refractivity contribution in [1.82, 2.24) is 14.7 Å². The molecule has 0 saturated carbocycles. The van der Waals surface area contributed by atoms with Crippen LogP contribution in [0, 0.1) is 12.7 Å². The van der Waals surface area contributed by atoms with Gasteiger partial charge >= 0.3 is 6.09 Å². The maximum atomic E-state index is 15.3. The molecule has 1 fully saturated rings. The first-order valence-electron chi connectivity index (χ1n) is 11.2. The van der Waals surface area contributed by atoms with E-state index in [1.54, 1.807) is 46.0 Å². The van der Waals surface area contributed by atoms with Gasteiger partial charge in [-0.2, -0.15) is 5.10 Å². The Kier molecular flexibility index (Phi) is 6.49. The number of ether oxygens (including phenoxy) is 1. The van der Waals surface area contributed by atoms with Crippen molar-refractivity contribution in [2.24, 2.45) is 7.05 Å². The fourth-order valence-electron chi connectivity index (χ4n) is 4.52. The smallest absolute Gasteiger partial charge is 0.410 e. The first-order chi connectivity index (χ1) is 16.3. The lowest BCUT2D eigenvalue weighted by Crippen LogP contribution is -2.42. The second-order valence-electron chi connectivity index (χ2n) is 9.85. The molecule has 0 bridgehead atoms. The number of aryl methyl sites for hydroxylation is 2. The lowest BCUT2D eigenvalue weighted by Gasteiger charge is -2.34. The molecule has 35 heavy (non-hydrogen) atoms. The molecule has 10 heteroatoms. The van der Waals surface area contributed by atoms with Gasteiger partial charge in [-0.1, -0.05) is 29.3 Å². The lowest BCUT2D eigenvalue weighted by atomic mass is 9.87. The summed E-state index contributed by atoms with van der Waals surface area (Å²) in [4.78, 5) is 27.1. The van der Waals surface area contributed by atoms with Gasteiger partial charge in [0.2, 0.25) is 0 Å². The van der Waals surface area contributed by atoms with Gasteiger partial charge in [0, 0.05) is 30.2 Å². The van der Waals surface area contributed by atoms with E-state index < -0.39 is 23.1 Å². The van der Waals surface area contributed by atoms with Crippen LogP contribution in [0.5, 0.6) is 0 Å². The third-order valence-electron chi connectivity index (χ3n) is 6.06. The molecule has 1 atom stereocenters. The summed E-state index contributed by atoms with van der Waals surface area (Å²) in [6, 6.07) is 7.96. The van der Waals surface area contributed by atoms with Gasteiger partial charge in [0.15, 0.2) is 0 Å². The van der Waals surface area contributed by atoms with Crippen LogP contribution in [0.25, 0.3) is 10.8 Å². The minimum absolute atomic E-state index is 0.0713. The molecule has 0 radical (unpaired) electrons. The molecule has 186 valence electrons. The molecule has 0 spiro atoms. The third-order valence-corrected chi connectivity index (χ3v) is 6.87. The molecule has 1 aliphatic heterocycles. The Morgan fingerprint density at radius 1 is 1.20 bits per heavy atom. The van der Waals surface area contributed by atoms with Crippen molar-refractivity contribution < 1.29 is 13.9 Å². The number of benzene rings is 2. The Labute approximate surface area is 212 Å². The van der Waals surface area contributed by atoms with E-state index in [-0.39, 0.29) is 27.7 Å². The SMILES string of the molecule is Cc1nn(C)c(=O)c2cc(NC3(c4c(F)ccc(Cl)c4Cl)CCN(C(=O)OC(C)(C)C)C3)ccc12. The van der Waals surface area contributed by atoms with E-state index in [1.165, 1.54) is 21.7 Å². The number of aromatic nitrogens is 2. The summed E-state index contributed by atoms with van der Waals surface area (Å²) in [6.45, 7) is 7.57. The number of amides is 1. The number of anilines is 1. The monoisotopic (exact) mass is 520 g/mol. The summed E-state index contributed by atoms with van der Waals surface area (Å²) < 4.78 is 22.1. The Hall–Kier alpha value is -2.84. The van der Waals surface area contributed by atoms with Crippen molar-refractivity contribution in [3.8, 4) is 0 Å². The molecule has 7 nitrogen and oxygen atoms in total. The van der Waals surface area contributed by atoms with E-state index in [2.05, 4.69) is 10.4 Å². The van der Waals surface area contributed by atoms with E-state index in [0.717, 1.165) is 5.39 Å². The molecule has 1 unspecified atom stereocenters. The topological polar surface area (TPSA) is 76.5 Å². The Balaban J connectivity index is 1.81. The van der Waals surface area contributed by atoms with Crippen molar-refractivity contribution in [2.45, 2.75) is 45.3 Å². The highest BCUT2D eigenvalue weighted by atomic mass is 35.5. The van der Waals surface area contributed by atoms with Crippen LogP contribution in [0.15, 0.2) is 35.1 Å². The summed E-state index contributed by atoms with van der Waals surface area (Å²) in [5, 5.41) is 9.09. The van der Waals surface area contributed by atoms with Gasteiger partial charge in [-0.05, 0) is 58.4 Å². The van der Waals surface area contributed by atoms with E-state index in [1.807, 2.05) is 6.92 Å². The van der Waals surface area contributed by atoms with Crippen molar-refractivity contribution in [3.63, 3.8) is 0 Å². The highest BCUT2D eigenvalue weighted by Gasteiger charge is 2.46. The highest BCUT2D eigenvalue weighted by molar-refractivity contribution is 6.42. The minimum atomic E-state index is -1.11. The molecular weight excluding hydrogens is 494 g/mol. The quantitative estimate of drug-likeness (QED) is 0.452. The summed E-state index contributed by atoms with van der Waals surface area (Å²) in [5.41, 5.74) is -0.595. The summed E-state index contributed by atoms with van der Waals surface area (Å²) in [7, 11) is 1.59. The zero-order valence-corrected chi connectivity index (χ0v) is 21.7. The first-order valence-corrected chi connectivity index (χ1v) is 11.9. The average Bonchev–Trinajstić information content (AvgIpc) is 3.18. The van der Waals surface area contributed by atoms with Crippen LogP contribution in [0.2, 0.25) is 10.0 Å². The fourth-order valence-corrected chi connectivity index (χ4v) is 5.01. The number of hydrogen-bond donors (Lipinski definition) is 1.